The van der Waals surface area contributed by atoms with Crippen molar-refractivity contribution >= 4 is 23.4 Å². The monoisotopic (exact) mass is 442 g/mol. The number of halogens is 2. The molecule has 2 aromatic carbocycles. The zero-order valence-corrected chi connectivity index (χ0v) is 17.8. The topological polar surface area (TPSA) is 93.1 Å². The van der Waals surface area contributed by atoms with Gasteiger partial charge >= 0.3 is 0 Å². The average Bonchev–Trinajstić information content (AvgIpc) is 2.73. The van der Waals surface area contributed by atoms with Gasteiger partial charge < -0.3 is 10.6 Å². The first kappa shape index (κ1) is 22.2. The van der Waals surface area contributed by atoms with Crippen LogP contribution in [0.2, 0.25) is 5.02 Å². The lowest BCUT2D eigenvalue weighted by molar-refractivity contribution is -0.125. The number of benzene rings is 2. The second-order valence-electron chi connectivity index (χ2n) is 7.31. The van der Waals surface area contributed by atoms with Gasteiger partial charge in [0, 0.05) is 17.6 Å². The van der Waals surface area contributed by atoms with Gasteiger partial charge in [0.2, 0.25) is 5.91 Å². The molecular formula is C22H20ClFN4O3. The number of nitrogens with one attached hydrogen (secondary N) is 2. The van der Waals surface area contributed by atoms with Crippen LogP contribution in [-0.4, -0.2) is 34.2 Å². The minimum Gasteiger partial charge on any atom is -0.357 e. The number of carbonyl (C=O) groups excluding carboxylic acids is 2. The highest BCUT2D eigenvalue weighted by Gasteiger charge is 2.30. The molecule has 1 heterocycles. The fourth-order valence-corrected chi connectivity index (χ4v) is 3.05. The van der Waals surface area contributed by atoms with Gasteiger partial charge in [0.05, 0.1) is 11.4 Å². The summed E-state index contributed by atoms with van der Waals surface area (Å²) >= 11 is 5.95. The molecular weight excluding hydrogens is 423 g/mol. The predicted molar refractivity (Wildman–Crippen MR) is 116 cm³/mol. The number of hydrogen-bond acceptors (Lipinski definition) is 4. The Morgan fingerprint density at radius 3 is 2.39 bits per heavy atom. The predicted octanol–water partition coefficient (Wildman–Crippen LogP) is 2.95. The maximum atomic E-state index is 13.8. The molecule has 9 heteroatoms. The number of hydrogen-bond donors (Lipinski definition) is 2. The van der Waals surface area contributed by atoms with E-state index in [0.29, 0.717) is 16.3 Å². The third-order valence-corrected chi connectivity index (χ3v) is 4.82. The number of likely N-dealkylation sites (N-methyl/N-ethyl adjacent to an activating group) is 1. The van der Waals surface area contributed by atoms with E-state index in [4.69, 9.17) is 11.6 Å². The number of amides is 2. The van der Waals surface area contributed by atoms with E-state index >= 15 is 0 Å². The van der Waals surface area contributed by atoms with Crippen molar-refractivity contribution < 1.29 is 14.0 Å². The van der Waals surface area contributed by atoms with Gasteiger partial charge in [-0.05, 0) is 50.2 Å². The summed E-state index contributed by atoms with van der Waals surface area (Å²) in [7, 11) is 1.44. The normalized spacial score (nSPS) is 11.1. The SMILES string of the molecule is CNC(=O)C(C)(C)NC(=O)c1cc(-c2ccc(Cl)cc2)nn(-c2cccc(F)c2)c1=O. The molecule has 0 saturated heterocycles. The second-order valence-corrected chi connectivity index (χ2v) is 7.74. The van der Waals surface area contributed by atoms with Crippen molar-refractivity contribution in [1.29, 1.82) is 0 Å². The second kappa shape index (κ2) is 8.69. The van der Waals surface area contributed by atoms with E-state index in [1.165, 1.54) is 45.2 Å². The van der Waals surface area contributed by atoms with Crippen LogP contribution in [-0.2, 0) is 4.79 Å². The first-order chi connectivity index (χ1) is 14.6. The Morgan fingerprint density at radius 2 is 1.77 bits per heavy atom. The average molecular weight is 443 g/mol. The molecule has 1 aromatic heterocycles. The van der Waals surface area contributed by atoms with Crippen LogP contribution in [0.15, 0.2) is 59.4 Å². The molecule has 3 aromatic rings. The van der Waals surface area contributed by atoms with E-state index in [1.807, 2.05) is 0 Å². The molecule has 7 nitrogen and oxygen atoms in total. The largest absolute Gasteiger partial charge is 0.357 e. The zero-order valence-electron chi connectivity index (χ0n) is 17.1. The maximum Gasteiger partial charge on any atom is 0.284 e. The smallest absolute Gasteiger partial charge is 0.284 e. The number of aromatic nitrogens is 2. The molecule has 160 valence electrons. The molecule has 0 bridgehead atoms. The quantitative estimate of drug-likeness (QED) is 0.635. The minimum atomic E-state index is -1.27. The molecule has 0 saturated carbocycles. The van der Waals surface area contributed by atoms with Crippen LogP contribution in [0.25, 0.3) is 16.9 Å². The number of nitrogens with zero attached hydrogens (tertiary/aromatic N) is 2. The maximum absolute atomic E-state index is 13.8. The molecule has 3 rings (SSSR count). The Balaban J connectivity index is 2.18. The van der Waals surface area contributed by atoms with Crippen molar-refractivity contribution in [2.45, 2.75) is 19.4 Å². The van der Waals surface area contributed by atoms with E-state index in [0.717, 1.165) is 10.7 Å². The lowest BCUT2D eigenvalue weighted by atomic mass is 10.0. The van der Waals surface area contributed by atoms with Gasteiger partial charge in [-0.2, -0.15) is 9.78 Å². The molecule has 0 spiro atoms. The van der Waals surface area contributed by atoms with Crippen molar-refractivity contribution in [3.05, 3.63) is 81.4 Å². The van der Waals surface area contributed by atoms with Gasteiger partial charge in [-0.15, -0.1) is 0 Å². The Labute approximate surface area is 182 Å². The molecule has 2 N–H and O–H groups in total. The molecule has 0 aliphatic heterocycles. The zero-order chi connectivity index (χ0) is 22.8. The third kappa shape index (κ3) is 4.80. The Kier molecular flexibility index (Phi) is 6.21. The van der Waals surface area contributed by atoms with Crippen molar-refractivity contribution in [2.75, 3.05) is 7.05 Å². The van der Waals surface area contributed by atoms with Crippen LogP contribution >= 0.6 is 11.6 Å². The fraction of sp³-hybridized carbons (Fsp3) is 0.182. The summed E-state index contributed by atoms with van der Waals surface area (Å²) in [4.78, 5) is 38.1. The van der Waals surface area contributed by atoms with Crippen LogP contribution in [0.5, 0.6) is 0 Å². The van der Waals surface area contributed by atoms with Gasteiger partial charge in [-0.1, -0.05) is 29.8 Å². The number of rotatable bonds is 5. The van der Waals surface area contributed by atoms with Gasteiger partial charge in [-0.25, -0.2) is 4.39 Å². The number of carbonyl (C=O) groups is 2. The highest BCUT2D eigenvalue weighted by Crippen LogP contribution is 2.21. The first-order valence-electron chi connectivity index (χ1n) is 9.33. The van der Waals surface area contributed by atoms with Crippen molar-refractivity contribution in [3.8, 4) is 16.9 Å². The van der Waals surface area contributed by atoms with E-state index in [9.17, 15) is 18.8 Å². The summed E-state index contributed by atoms with van der Waals surface area (Å²) in [6, 6.07) is 13.3. The van der Waals surface area contributed by atoms with E-state index < -0.39 is 28.7 Å². The first-order valence-corrected chi connectivity index (χ1v) is 9.71. The summed E-state index contributed by atoms with van der Waals surface area (Å²) in [5.41, 5.74) is -1.24. The molecule has 0 atom stereocenters. The summed E-state index contributed by atoms with van der Waals surface area (Å²) < 4.78 is 14.7. The Morgan fingerprint density at radius 1 is 1.10 bits per heavy atom. The van der Waals surface area contributed by atoms with Crippen LogP contribution in [0.3, 0.4) is 0 Å². The van der Waals surface area contributed by atoms with Crippen molar-refractivity contribution in [3.63, 3.8) is 0 Å². The summed E-state index contributed by atoms with van der Waals surface area (Å²) in [6.07, 6.45) is 0. The van der Waals surface area contributed by atoms with Crippen molar-refractivity contribution in [1.82, 2.24) is 20.4 Å². The molecule has 0 unspecified atom stereocenters. The molecule has 31 heavy (non-hydrogen) atoms. The molecule has 0 aliphatic carbocycles. The third-order valence-electron chi connectivity index (χ3n) is 4.57. The van der Waals surface area contributed by atoms with E-state index in [-0.39, 0.29) is 11.3 Å². The van der Waals surface area contributed by atoms with Crippen LogP contribution in [0.4, 0.5) is 4.39 Å². The summed E-state index contributed by atoms with van der Waals surface area (Å²) in [6.45, 7) is 3.02. The lowest BCUT2D eigenvalue weighted by Crippen LogP contribution is -2.54. The minimum absolute atomic E-state index is 0.153. The van der Waals surface area contributed by atoms with E-state index in [2.05, 4.69) is 15.7 Å². The molecule has 2 amide bonds. The van der Waals surface area contributed by atoms with E-state index in [1.54, 1.807) is 24.3 Å². The van der Waals surface area contributed by atoms with Crippen molar-refractivity contribution in [2.24, 2.45) is 0 Å². The lowest BCUT2D eigenvalue weighted by Gasteiger charge is -2.24. The Bertz CT molecular complexity index is 1210. The fourth-order valence-electron chi connectivity index (χ4n) is 2.92. The molecule has 0 radical (unpaired) electrons. The van der Waals surface area contributed by atoms with Gasteiger partial charge in [0.1, 0.15) is 16.9 Å². The summed E-state index contributed by atoms with van der Waals surface area (Å²) in [5, 5.41) is 9.83. The highest BCUT2D eigenvalue weighted by atomic mass is 35.5. The standard InChI is InChI=1S/C22H20ClFN4O3/c1-22(2,21(31)25-3)26-19(29)17-12-18(13-7-9-14(23)10-8-13)27-28(20(17)30)16-6-4-5-15(24)11-16/h4-12H,1-3H3,(H,25,31)(H,26,29). The van der Waals surface area contributed by atoms with Crippen LogP contribution in [0, 0.1) is 5.82 Å². The highest BCUT2D eigenvalue weighted by molar-refractivity contribution is 6.30. The van der Waals surface area contributed by atoms with Crippen LogP contribution < -0.4 is 16.2 Å². The van der Waals surface area contributed by atoms with Gasteiger partial charge in [-0.3, -0.25) is 14.4 Å². The molecule has 0 fully saturated rings. The van der Waals surface area contributed by atoms with Crippen LogP contribution in [0.1, 0.15) is 24.2 Å². The summed E-state index contributed by atoms with van der Waals surface area (Å²) in [5.74, 6) is -1.76. The molecule has 0 aliphatic rings. The van der Waals surface area contributed by atoms with Gasteiger partial charge in [0.15, 0.2) is 0 Å². The Hall–Kier alpha value is -3.52. The van der Waals surface area contributed by atoms with Gasteiger partial charge in [0.25, 0.3) is 11.5 Å².